The zero-order valence-corrected chi connectivity index (χ0v) is 10.6. The monoisotopic (exact) mass is 281 g/mol. The predicted molar refractivity (Wildman–Crippen MR) is 72.1 cm³/mol. The molecule has 0 unspecified atom stereocenters. The number of phenols is 1. The van der Waals surface area contributed by atoms with E-state index in [4.69, 9.17) is 11.6 Å². The van der Waals surface area contributed by atoms with Crippen molar-refractivity contribution in [1.82, 2.24) is 10.7 Å². The molecule has 1 rings (SSSR count). The highest BCUT2D eigenvalue weighted by Crippen LogP contribution is 2.22. The fourth-order valence-corrected chi connectivity index (χ4v) is 1.25. The Hall–Kier alpha value is -2.34. The van der Waals surface area contributed by atoms with E-state index in [0.717, 1.165) is 0 Å². The molecule has 0 fully saturated rings. The highest BCUT2D eigenvalue weighted by molar-refractivity contribution is 6.35. The average Bonchev–Trinajstić information content (AvgIpc) is 2.39. The summed E-state index contributed by atoms with van der Waals surface area (Å²) >= 11 is 5.69. The van der Waals surface area contributed by atoms with Gasteiger partial charge in [0.15, 0.2) is 0 Å². The number of halogens is 1. The van der Waals surface area contributed by atoms with Gasteiger partial charge in [-0.15, -0.1) is 6.58 Å². The number of rotatable bonds is 4. The molecule has 0 aliphatic rings. The molecule has 0 spiro atoms. The van der Waals surface area contributed by atoms with Gasteiger partial charge in [0, 0.05) is 6.54 Å². The van der Waals surface area contributed by atoms with Crippen LogP contribution in [0.15, 0.2) is 36.0 Å². The maximum atomic E-state index is 11.2. The number of phenolic OH excluding ortho intramolecular Hbond substituents is 1. The Morgan fingerprint density at radius 1 is 1.42 bits per heavy atom. The predicted octanol–water partition coefficient (Wildman–Crippen LogP) is 0.798. The molecular formula is C12H12ClN3O3. The second-order valence-corrected chi connectivity index (χ2v) is 3.82. The van der Waals surface area contributed by atoms with Gasteiger partial charge in [0.25, 0.3) is 0 Å². The van der Waals surface area contributed by atoms with Crippen molar-refractivity contribution in [3.8, 4) is 5.75 Å². The average molecular weight is 282 g/mol. The second-order valence-electron chi connectivity index (χ2n) is 3.41. The summed E-state index contributed by atoms with van der Waals surface area (Å²) < 4.78 is 0. The number of hydrazone groups is 1. The summed E-state index contributed by atoms with van der Waals surface area (Å²) in [5, 5.41) is 15.3. The lowest BCUT2D eigenvalue weighted by Gasteiger charge is -2.00. The van der Waals surface area contributed by atoms with Gasteiger partial charge in [-0.1, -0.05) is 17.7 Å². The van der Waals surface area contributed by atoms with Crippen LogP contribution in [0.4, 0.5) is 0 Å². The first-order valence-corrected chi connectivity index (χ1v) is 5.63. The van der Waals surface area contributed by atoms with Crippen molar-refractivity contribution in [3.05, 3.63) is 41.4 Å². The molecular weight excluding hydrogens is 270 g/mol. The maximum Gasteiger partial charge on any atom is 0.329 e. The van der Waals surface area contributed by atoms with Crippen LogP contribution in [0.1, 0.15) is 5.56 Å². The molecule has 100 valence electrons. The molecule has 19 heavy (non-hydrogen) atoms. The van der Waals surface area contributed by atoms with Gasteiger partial charge in [-0.05, 0) is 23.8 Å². The summed E-state index contributed by atoms with van der Waals surface area (Å²) in [6, 6.07) is 4.40. The number of nitrogens with one attached hydrogen (secondary N) is 2. The number of nitrogens with zero attached hydrogens (tertiary/aromatic N) is 1. The Morgan fingerprint density at radius 3 is 2.79 bits per heavy atom. The number of carbonyl (C=O) groups is 2. The molecule has 0 radical (unpaired) electrons. The van der Waals surface area contributed by atoms with Gasteiger partial charge >= 0.3 is 11.8 Å². The third kappa shape index (κ3) is 4.81. The largest absolute Gasteiger partial charge is 0.506 e. The molecule has 3 N–H and O–H groups in total. The van der Waals surface area contributed by atoms with Crippen LogP contribution in [0.5, 0.6) is 5.75 Å². The van der Waals surface area contributed by atoms with Gasteiger partial charge in [0.2, 0.25) is 0 Å². The molecule has 0 atom stereocenters. The molecule has 0 aliphatic heterocycles. The first-order chi connectivity index (χ1) is 9.04. The van der Waals surface area contributed by atoms with Crippen molar-refractivity contribution in [3.63, 3.8) is 0 Å². The Morgan fingerprint density at radius 2 is 2.16 bits per heavy atom. The standard InChI is InChI=1S/C12H12ClN3O3/c1-2-5-14-11(18)12(19)16-15-7-8-3-4-10(17)9(13)6-8/h2-4,6-7,17H,1,5H2,(H,14,18)(H,16,19)/b15-7-. The van der Waals surface area contributed by atoms with Crippen LogP contribution >= 0.6 is 11.6 Å². The third-order valence-electron chi connectivity index (χ3n) is 1.96. The molecule has 0 saturated carbocycles. The smallest absolute Gasteiger partial charge is 0.329 e. The zero-order chi connectivity index (χ0) is 14.3. The Balaban J connectivity index is 2.53. The fraction of sp³-hybridized carbons (Fsp3) is 0.0833. The van der Waals surface area contributed by atoms with Crippen LogP contribution in [0, 0.1) is 0 Å². The summed E-state index contributed by atoms with van der Waals surface area (Å²) in [6.45, 7) is 3.60. The van der Waals surface area contributed by atoms with Gasteiger partial charge in [-0.3, -0.25) is 9.59 Å². The molecule has 0 aliphatic carbocycles. The Kier molecular flexibility index (Phi) is 5.56. The normalized spacial score (nSPS) is 10.2. The van der Waals surface area contributed by atoms with E-state index >= 15 is 0 Å². The van der Waals surface area contributed by atoms with Gasteiger partial charge in [-0.2, -0.15) is 5.10 Å². The van der Waals surface area contributed by atoms with Crippen LogP contribution in [0.2, 0.25) is 5.02 Å². The highest BCUT2D eigenvalue weighted by atomic mass is 35.5. The van der Waals surface area contributed by atoms with Gasteiger partial charge in [-0.25, -0.2) is 5.43 Å². The van der Waals surface area contributed by atoms with E-state index in [0.29, 0.717) is 5.56 Å². The SMILES string of the molecule is C=CCNC(=O)C(=O)N/N=C\c1ccc(O)c(Cl)c1. The number of hydrogen-bond donors (Lipinski definition) is 3. The molecule has 2 amide bonds. The minimum Gasteiger partial charge on any atom is -0.506 e. The van der Waals surface area contributed by atoms with Crippen molar-refractivity contribution in [2.24, 2.45) is 5.10 Å². The van der Waals surface area contributed by atoms with Crippen LogP contribution in [0.3, 0.4) is 0 Å². The maximum absolute atomic E-state index is 11.2. The minimum absolute atomic E-state index is 0.0494. The summed E-state index contributed by atoms with van der Waals surface area (Å²) in [5.41, 5.74) is 2.62. The number of hydrogen-bond acceptors (Lipinski definition) is 4. The second kappa shape index (κ2) is 7.17. The van der Waals surface area contributed by atoms with Crippen molar-refractivity contribution in [2.45, 2.75) is 0 Å². The number of aromatic hydroxyl groups is 1. The van der Waals surface area contributed by atoms with Crippen LogP contribution in [-0.4, -0.2) is 29.7 Å². The van der Waals surface area contributed by atoms with E-state index in [1.165, 1.54) is 24.4 Å². The van der Waals surface area contributed by atoms with Crippen molar-refractivity contribution in [1.29, 1.82) is 0 Å². The summed E-state index contributed by atoms with van der Waals surface area (Å²) in [4.78, 5) is 22.4. The molecule has 0 aromatic heterocycles. The van der Waals surface area contributed by atoms with Crippen molar-refractivity contribution >= 4 is 29.6 Å². The Bertz CT molecular complexity index is 529. The highest BCUT2D eigenvalue weighted by Gasteiger charge is 2.10. The molecule has 0 heterocycles. The van der Waals surface area contributed by atoms with Crippen LogP contribution < -0.4 is 10.7 Å². The first-order valence-electron chi connectivity index (χ1n) is 5.25. The van der Waals surface area contributed by atoms with Gasteiger partial charge < -0.3 is 10.4 Å². The van der Waals surface area contributed by atoms with E-state index in [-0.39, 0.29) is 17.3 Å². The van der Waals surface area contributed by atoms with Gasteiger partial charge in [0.1, 0.15) is 5.75 Å². The van der Waals surface area contributed by atoms with Crippen molar-refractivity contribution in [2.75, 3.05) is 6.54 Å². The van der Waals surface area contributed by atoms with E-state index in [1.54, 1.807) is 6.07 Å². The summed E-state index contributed by atoms with van der Waals surface area (Å²) in [6.07, 6.45) is 2.75. The number of amides is 2. The molecule has 0 bridgehead atoms. The first kappa shape index (κ1) is 14.7. The number of carbonyl (C=O) groups excluding carboxylic acids is 2. The van der Waals surface area contributed by atoms with Crippen LogP contribution in [-0.2, 0) is 9.59 Å². The van der Waals surface area contributed by atoms with Crippen LogP contribution in [0.25, 0.3) is 0 Å². The van der Waals surface area contributed by atoms with Crippen molar-refractivity contribution < 1.29 is 14.7 Å². The molecule has 0 saturated heterocycles. The number of benzene rings is 1. The lowest BCUT2D eigenvalue weighted by atomic mass is 10.2. The van der Waals surface area contributed by atoms with E-state index < -0.39 is 11.8 Å². The lowest BCUT2D eigenvalue weighted by molar-refractivity contribution is -0.139. The summed E-state index contributed by atoms with van der Waals surface area (Å²) in [7, 11) is 0. The zero-order valence-electron chi connectivity index (χ0n) is 9.89. The van der Waals surface area contributed by atoms with E-state index in [2.05, 4.69) is 22.4 Å². The Labute approximate surface area is 114 Å². The summed E-state index contributed by atoms with van der Waals surface area (Å²) in [5.74, 6) is -1.74. The van der Waals surface area contributed by atoms with E-state index in [9.17, 15) is 14.7 Å². The molecule has 1 aromatic rings. The topological polar surface area (TPSA) is 90.8 Å². The van der Waals surface area contributed by atoms with Gasteiger partial charge in [0.05, 0.1) is 11.2 Å². The quantitative estimate of drug-likeness (QED) is 0.330. The minimum atomic E-state index is -0.886. The molecule has 1 aromatic carbocycles. The fourth-order valence-electron chi connectivity index (χ4n) is 1.06. The molecule has 6 nitrogen and oxygen atoms in total. The third-order valence-corrected chi connectivity index (χ3v) is 2.27. The van der Waals surface area contributed by atoms with E-state index in [1.807, 2.05) is 0 Å². The lowest BCUT2D eigenvalue weighted by Crippen LogP contribution is -2.37. The molecule has 7 heteroatoms.